The minimum atomic E-state index is -0.687. The molecule has 0 fully saturated rings. The molecule has 3 rings (SSSR count). The van der Waals surface area contributed by atoms with Crippen LogP contribution in [-0.2, 0) is 4.74 Å². The number of carbonyl (C=O) groups excluding carboxylic acids is 1. The summed E-state index contributed by atoms with van der Waals surface area (Å²) in [5.74, 6) is 0.199. The number of aliphatic hydroxyl groups excluding tert-OH is 2. The third-order valence-electron chi connectivity index (χ3n) is 5.28. The van der Waals surface area contributed by atoms with Gasteiger partial charge in [0, 0.05) is 29.9 Å². The van der Waals surface area contributed by atoms with Crippen molar-refractivity contribution in [3.8, 4) is 11.4 Å². The molecule has 1 aromatic heterocycles. The fourth-order valence-corrected chi connectivity index (χ4v) is 3.70. The number of ether oxygens (including phenoxy) is 2. The highest BCUT2D eigenvalue weighted by molar-refractivity contribution is 6.07. The van der Waals surface area contributed by atoms with Crippen LogP contribution < -0.4 is 22.5 Å². The number of aliphatic hydroxyl groups is 2. The molecule has 1 heterocycles. The van der Waals surface area contributed by atoms with Crippen LogP contribution >= 0.6 is 0 Å². The van der Waals surface area contributed by atoms with Crippen molar-refractivity contribution in [1.29, 1.82) is 0 Å². The lowest BCUT2D eigenvalue weighted by molar-refractivity contribution is -0.0000278. The molecular weight excluding hydrogens is 444 g/mol. The van der Waals surface area contributed by atoms with Crippen molar-refractivity contribution in [2.45, 2.75) is 33.3 Å². The summed E-state index contributed by atoms with van der Waals surface area (Å²) in [5.41, 5.74) is 4.32. The molecule has 0 saturated heterocycles. The highest BCUT2D eigenvalue weighted by Gasteiger charge is 2.22. The normalized spacial score (nSPS) is 11.8. The van der Waals surface area contributed by atoms with Gasteiger partial charge in [0.1, 0.15) is 18.5 Å². The van der Waals surface area contributed by atoms with Gasteiger partial charge in [-0.2, -0.15) is 0 Å². The monoisotopic (exact) mass is 475 g/mol. The maximum atomic E-state index is 12.8. The first-order valence-corrected chi connectivity index (χ1v) is 11.0. The molecule has 7 nitrogen and oxygen atoms in total. The fraction of sp³-hybridized carbons (Fsp3) is 0.400. The molecule has 0 aliphatic heterocycles. The number of fused-ring (bicyclic) bond motifs is 1. The van der Waals surface area contributed by atoms with Gasteiger partial charge in [0.25, 0.3) is 0 Å². The van der Waals surface area contributed by atoms with Gasteiger partial charge in [-0.1, -0.05) is 17.7 Å². The average molecular weight is 476 g/mol. The highest BCUT2D eigenvalue weighted by atomic mass is 35.5. The third kappa shape index (κ3) is 6.48. The average Bonchev–Trinajstić information content (AvgIpc) is 3.07. The van der Waals surface area contributed by atoms with E-state index >= 15 is 0 Å². The van der Waals surface area contributed by atoms with Crippen LogP contribution in [0, 0.1) is 13.8 Å². The molecule has 33 heavy (non-hydrogen) atoms. The lowest BCUT2D eigenvalue weighted by Gasteiger charge is -2.13. The van der Waals surface area contributed by atoms with Gasteiger partial charge in [0.15, 0.2) is 0 Å². The number of nitrogens with one attached hydrogen (secondary N) is 1. The van der Waals surface area contributed by atoms with Crippen molar-refractivity contribution in [3.63, 3.8) is 0 Å². The first-order chi connectivity index (χ1) is 15.5. The van der Waals surface area contributed by atoms with Crippen molar-refractivity contribution in [3.05, 3.63) is 59.3 Å². The number of esters is 1. The molecule has 1 atom stereocenters. The van der Waals surface area contributed by atoms with Crippen molar-refractivity contribution in [2.24, 2.45) is 0 Å². The molecule has 0 aliphatic carbocycles. The van der Waals surface area contributed by atoms with E-state index in [1.165, 1.54) is 0 Å². The van der Waals surface area contributed by atoms with Crippen LogP contribution in [0.3, 0.4) is 0 Å². The molecule has 0 amide bonds. The van der Waals surface area contributed by atoms with Crippen LogP contribution in [0.25, 0.3) is 16.6 Å². The number of aromatic nitrogens is 1. The van der Waals surface area contributed by atoms with Crippen LogP contribution in [0.15, 0.2) is 42.5 Å². The predicted octanol–water partition coefficient (Wildman–Crippen LogP) is 0.140. The Balaban J connectivity index is 0.00000385. The number of carbonyl (C=O) groups is 1. The van der Waals surface area contributed by atoms with Gasteiger partial charge in [0.05, 0.1) is 17.7 Å². The van der Waals surface area contributed by atoms with Gasteiger partial charge in [-0.15, -0.1) is 0 Å². The number of benzene rings is 2. The van der Waals surface area contributed by atoms with E-state index in [1.807, 2.05) is 60.9 Å². The zero-order valence-electron chi connectivity index (χ0n) is 19.3. The minimum absolute atomic E-state index is 0. The molecule has 2 aromatic carbocycles. The summed E-state index contributed by atoms with van der Waals surface area (Å²) in [5, 5.41) is 22.7. The van der Waals surface area contributed by atoms with Crippen molar-refractivity contribution >= 4 is 16.9 Å². The second-order valence-electron chi connectivity index (χ2n) is 7.78. The van der Waals surface area contributed by atoms with Crippen LogP contribution in [0.2, 0.25) is 0 Å². The van der Waals surface area contributed by atoms with Crippen LogP contribution in [0.5, 0.6) is 5.75 Å². The molecule has 1 unspecified atom stereocenters. The van der Waals surface area contributed by atoms with Gasteiger partial charge < -0.3 is 42.0 Å². The number of nitrogens with zero attached hydrogens (tertiary/aromatic N) is 1. The van der Waals surface area contributed by atoms with E-state index in [-0.39, 0.29) is 31.6 Å². The topological polar surface area (TPSA) is 93.0 Å². The first-order valence-electron chi connectivity index (χ1n) is 11.0. The number of halogens is 1. The summed E-state index contributed by atoms with van der Waals surface area (Å²) < 4.78 is 13.2. The van der Waals surface area contributed by atoms with E-state index in [4.69, 9.17) is 14.6 Å². The Morgan fingerprint density at radius 1 is 1.15 bits per heavy atom. The Kier molecular flexibility index (Phi) is 10.2. The van der Waals surface area contributed by atoms with Gasteiger partial charge in [-0.3, -0.25) is 0 Å². The summed E-state index contributed by atoms with van der Waals surface area (Å²) in [4.78, 5) is 12.8. The van der Waals surface area contributed by atoms with Crippen LogP contribution in [0.4, 0.5) is 0 Å². The Hall–Kier alpha value is -2.58. The molecule has 180 valence electrons. The quantitative estimate of drug-likeness (QED) is 0.270. The molecule has 0 bridgehead atoms. The number of hydrogen-bond donors (Lipinski definition) is 3. The smallest absolute Gasteiger partial charge is 0.340 e. The maximum Gasteiger partial charge on any atom is 0.340 e. The van der Waals surface area contributed by atoms with Crippen LogP contribution in [-0.4, -0.2) is 59.8 Å². The van der Waals surface area contributed by atoms with Gasteiger partial charge >= 0.3 is 5.97 Å². The predicted molar refractivity (Wildman–Crippen MR) is 125 cm³/mol. The fourth-order valence-electron chi connectivity index (χ4n) is 3.70. The van der Waals surface area contributed by atoms with Crippen molar-refractivity contribution in [2.75, 3.05) is 32.9 Å². The third-order valence-corrected chi connectivity index (χ3v) is 5.28. The summed E-state index contributed by atoms with van der Waals surface area (Å²) >= 11 is 0. The summed E-state index contributed by atoms with van der Waals surface area (Å²) in [6, 6.07) is 13.7. The van der Waals surface area contributed by atoms with E-state index in [0.717, 1.165) is 27.8 Å². The van der Waals surface area contributed by atoms with E-state index in [1.54, 1.807) is 6.92 Å². The van der Waals surface area contributed by atoms with Gasteiger partial charge in [-0.25, -0.2) is 4.79 Å². The van der Waals surface area contributed by atoms with Gasteiger partial charge in [0.2, 0.25) is 0 Å². The summed E-state index contributed by atoms with van der Waals surface area (Å²) in [6.07, 6.45) is -0.0501. The zero-order valence-corrected chi connectivity index (χ0v) is 20.1. The van der Waals surface area contributed by atoms with E-state index in [2.05, 4.69) is 5.32 Å². The minimum Gasteiger partial charge on any atom is -1.00 e. The number of rotatable bonds is 11. The lowest BCUT2D eigenvalue weighted by atomic mass is 10.1. The molecule has 0 aliphatic rings. The standard InChI is InChI=1S/C25H32N2O5.ClH/c1-4-31-25(30)24-18(3)27(19-8-6-17(2)7-9-19)23-11-10-21(14-22(23)24)32-16-20(29)15-26-12-5-13-28;/h6-11,14,20,26,28-29H,4-5,12-13,15-16H2,1-3H3;1H/p-1. The molecule has 0 radical (unpaired) electrons. The van der Waals surface area contributed by atoms with E-state index in [9.17, 15) is 9.90 Å². The number of aryl methyl sites for hydroxylation is 1. The molecule has 0 spiro atoms. The molecular formula is C25H32ClN2O5-. The van der Waals surface area contributed by atoms with Crippen molar-refractivity contribution in [1.82, 2.24) is 9.88 Å². The molecule has 8 heteroatoms. The summed E-state index contributed by atoms with van der Waals surface area (Å²) in [6.45, 7) is 7.27. The molecule has 0 saturated carbocycles. The van der Waals surface area contributed by atoms with Gasteiger partial charge in [-0.05, 0) is 64.1 Å². The van der Waals surface area contributed by atoms with Crippen LogP contribution in [0.1, 0.15) is 35.0 Å². The highest BCUT2D eigenvalue weighted by Crippen LogP contribution is 2.32. The van der Waals surface area contributed by atoms with Crippen molar-refractivity contribution < 1.29 is 36.9 Å². The zero-order chi connectivity index (χ0) is 23.1. The maximum absolute atomic E-state index is 12.8. The Morgan fingerprint density at radius 3 is 2.55 bits per heavy atom. The second kappa shape index (κ2) is 12.6. The molecule has 3 aromatic rings. The summed E-state index contributed by atoms with van der Waals surface area (Å²) in [7, 11) is 0. The SMILES string of the molecule is CCOC(=O)c1c(C)n(-c2ccc(C)cc2)c2ccc(OCC(O)CNCCCO)cc12.[Cl-]. The Labute approximate surface area is 200 Å². The lowest BCUT2D eigenvalue weighted by Crippen LogP contribution is -3.00. The second-order valence-corrected chi connectivity index (χ2v) is 7.78. The first kappa shape index (κ1) is 26.7. The van der Waals surface area contributed by atoms with E-state index in [0.29, 0.717) is 37.4 Å². The largest absolute Gasteiger partial charge is 1.00 e. The number of hydrogen-bond acceptors (Lipinski definition) is 6. The van der Waals surface area contributed by atoms with E-state index < -0.39 is 6.10 Å². The molecule has 3 N–H and O–H groups in total. The Morgan fingerprint density at radius 2 is 1.88 bits per heavy atom. The Bertz CT molecular complexity index is 1050.